The number of carbonyl (C=O) groups excluding carboxylic acids is 1. The van der Waals surface area contributed by atoms with Gasteiger partial charge in [-0.3, -0.25) is 4.79 Å². The molecule has 0 radical (unpaired) electrons. The Morgan fingerprint density at radius 2 is 2.11 bits per heavy atom. The van der Waals surface area contributed by atoms with Gasteiger partial charge >= 0.3 is 5.97 Å². The maximum atomic E-state index is 12.3. The summed E-state index contributed by atoms with van der Waals surface area (Å²) in [5, 5.41) is 0.836. The Kier molecular flexibility index (Phi) is 5.19. The average Bonchev–Trinajstić information content (AvgIpc) is 3.33. The average molecular weight is 401 g/mol. The van der Waals surface area contributed by atoms with Crippen LogP contribution in [0.2, 0.25) is 5.28 Å². The van der Waals surface area contributed by atoms with Crippen LogP contribution in [0, 0.1) is 0 Å². The van der Waals surface area contributed by atoms with E-state index < -0.39 is 0 Å². The summed E-state index contributed by atoms with van der Waals surface area (Å²) in [7, 11) is 0. The number of nitrogen functional groups attached to an aromatic ring is 1. The van der Waals surface area contributed by atoms with Crippen molar-refractivity contribution >= 4 is 34.4 Å². The number of rotatable bonds is 5. The van der Waals surface area contributed by atoms with Crippen molar-refractivity contribution in [2.75, 3.05) is 12.3 Å². The van der Waals surface area contributed by atoms with Crippen molar-refractivity contribution in [1.29, 1.82) is 0 Å². The minimum Gasteiger partial charge on any atom is -0.462 e. The van der Waals surface area contributed by atoms with Crippen molar-refractivity contribution in [3.8, 4) is 0 Å². The summed E-state index contributed by atoms with van der Waals surface area (Å²) in [5.41, 5.74) is 7.48. The van der Waals surface area contributed by atoms with Crippen LogP contribution in [0.25, 0.3) is 11.0 Å². The Labute approximate surface area is 167 Å². The predicted molar refractivity (Wildman–Crippen MR) is 106 cm³/mol. The summed E-state index contributed by atoms with van der Waals surface area (Å²) in [6, 6.07) is 11.4. The monoisotopic (exact) mass is 400 g/mol. The van der Waals surface area contributed by atoms with E-state index in [2.05, 4.69) is 9.97 Å². The van der Waals surface area contributed by atoms with Gasteiger partial charge < -0.3 is 19.8 Å². The summed E-state index contributed by atoms with van der Waals surface area (Å²) in [5.74, 6) is -0.224. The number of benzene rings is 1. The van der Waals surface area contributed by atoms with E-state index in [1.807, 2.05) is 54.1 Å². The fourth-order valence-electron chi connectivity index (χ4n) is 3.45. The topological polar surface area (TPSA) is 92.3 Å². The molecule has 8 heteroatoms. The molecule has 1 aliphatic heterocycles. The third kappa shape index (κ3) is 3.68. The quantitative estimate of drug-likeness (QED) is 0.518. The lowest BCUT2D eigenvalue weighted by molar-refractivity contribution is -0.149. The van der Waals surface area contributed by atoms with E-state index in [-0.39, 0.29) is 36.1 Å². The van der Waals surface area contributed by atoms with Crippen molar-refractivity contribution in [2.45, 2.75) is 38.0 Å². The molecule has 0 unspecified atom stereocenters. The summed E-state index contributed by atoms with van der Waals surface area (Å²) >= 11 is 5.94. The Hall–Kier alpha value is -2.64. The Morgan fingerprint density at radius 3 is 2.89 bits per heavy atom. The van der Waals surface area contributed by atoms with Crippen LogP contribution in [-0.4, -0.2) is 33.2 Å². The Balaban J connectivity index is 1.38. The second kappa shape index (κ2) is 7.77. The minimum absolute atomic E-state index is 0.100. The van der Waals surface area contributed by atoms with Gasteiger partial charge in [-0.1, -0.05) is 30.3 Å². The maximum absolute atomic E-state index is 12.3. The maximum Gasteiger partial charge on any atom is 0.313 e. The van der Waals surface area contributed by atoms with Gasteiger partial charge in [-0.15, -0.1) is 0 Å². The molecule has 3 atom stereocenters. The fraction of sp³-hybridized carbons (Fsp3) is 0.350. The molecular weight excluding hydrogens is 380 g/mol. The second-order valence-electron chi connectivity index (χ2n) is 6.89. The van der Waals surface area contributed by atoms with Crippen LogP contribution in [0.5, 0.6) is 0 Å². The fourth-order valence-corrected chi connectivity index (χ4v) is 3.62. The highest BCUT2D eigenvalue weighted by Gasteiger charge is 2.29. The highest BCUT2D eigenvalue weighted by Crippen LogP contribution is 2.33. The zero-order valence-electron chi connectivity index (χ0n) is 15.4. The zero-order chi connectivity index (χ0) is 19.7. The van der Waals surface area contributed by atoms with Gasteiger partial charge in [0.1, 0.15) is 24.3 Å². The normalized spacial score (nSPS) is 20.4. The number of aromatic nitrogens is 3. The lowest BCUT2D eigenvalue weighted by Gasteiger charge is -2.17. The summed E-state index contributed by atoms with van der Waals surface area (Å²) in [6.45, 7) is 2.07. The summed E-state index contributed by atoms with van der Waals surface area (Å²) in [6.07, 6.45) is 3.05. The molecule has 3 aromatic rings. The highest BCUT2D eigenvalue weighted by molar-refractivity contribution is 6.28. The minimum atomic E-state index is -0.311. The molecule has 28 heavy (non-hydrogen) atoms. The molecule has 1 fully saturated rings. The number of anilines is 1. The second-order valence-corrected chi connectivity index (χ2v) is 7.23. The van der Waals surface area contributed by atoms with E-state index in [1.165, 1.54) is 0 Å². The van der Waals surface area contributed by atoms with E-state index in [9.17, 15) is 4.79 Å². The van der Waals surface area contributed by atoms with Crippen LogP contribution in [0.1, 0.15) is 37.5 Å². The first-order valence-electron chi connectivity index (χ1n) is 9.19. The van der Waals surface area contributed by atoms with Gasteiger partial charge in [0.15, 0.2) is 0 Å². The first-order chi connectivity index (χ1) is 13.5. The third-order valence-electron chi connectivity index (χ3n) is 5.03. The van der Waals surface area contributed by atoms with E-state index in [0.29, 0.717) is 11.5 Å². The molecule has 0 spiro atoms. The molecule has 0 saturated carbocycles. The molecule has 0 bridgehead atoms. The number of halogens is 1. The van der Waals surface area contributed by atoms with Crippen molar-refractivity contribution < 1.29 is 14.3 Å². The molecule has 2 aromatic heterocycles. The lowest BCUT2D eigenvalue weighted by Crippen LogP contribution is -2.22. The number of ether oxygens (including phenoxy) is 2. The van der Waals surface area contributed by atoms with Crippen molar-refractivity contribution in [2.24, 2.45) is 0 Å². The molecule has 2 N–H and O–H groups in total. The predicted octanol–water partition coefficient (Wildman–Crippen LogP) is 3.69. The van der Waals surface area contributed by atoms with Crippen molar-refractivity contribution in [1.82, 2.24) is 14.5 Å². The summed E-state index contributed by atoms with van der Waals surface area (Å²) < 4.78 is 13.5. The molecule has 1 aromatic carbocycles. The standard InChI is InChI=1S/C20H21ClN4O3/c1-12(13-5-3-2-4-6-13)19(26)27-11-14-7-8-16(28-14)25-10-9-15-17(22)23-20(21)24-18(15)25/h2-6,9-10,12,14,16H,7-8,11H2,1H3,(H2,22,23,24)/t12-,14-,16+/m0/s1. The van der Waals surface area contributed by atoms with Crippen LogP contribution in [0.15, 0.2) is 42.6 Å². The number of fused-ring (bicyclic) bond motifs is 1. The van der Waals surface area contributed by atoms with Crippen LogP contribution in [0.4, 0.5) is 5.82 Å². The van der Waals surface area contributed by atoms with E-state index in [0.717, 1.165) is 23.8 Å². The molecule has 146 valence electrons. The van der Waals surface area contributed by atoms with Gasteiger partial charge in [-0.2, -0.15) is 4.98 Å². The largest absolute Gasteiger partial charge is 0.462 e. The molecule has 3 heterocycles. The van der Waals surface area contributed by atoms with Crippen LogP contribution in [0.3, 0.4) is 0 Å². The smallest absolute Gasteiger partial charge is 0.313 e. The van der Waals surface area contributed by atoms with E-state index >= 15 is 0 Å². The number of hydrogen-bond donors (Lipinski definition) is 1. The summed E-state index contributed by atoms with van der Waals surface area (Å²) in [4.78, 5) is 20.6. The molecule has 1 saturated heterocycles. The number of nitrogens with zero attached hydrogens (tertiary/aromatic N) is 3. The van der Waals surface area contributed by atoms with Gasteiger partial charge in [0.25, 0.3) is 0 Å². The van der Waals surface area contributed by atoms with Gasteiger partial charge in [-0.05, 0) is 43.0 Å². The third-order valence-corrected chi connectivity index (χ3v) is 5.20. The number of hydrogen-bond acceptors (Lipinski definition) is 6. The van der Waals surface area contributed by atoms with Gasteiger partial charge in [0.2, 0.25) is 5.28 Å². The van der Waals surface area contributed by atoms with Crippen molar-refractivity contribution in [3.05, 3.63) is 53.4 Å². The van der Waals surface area contributed by atoms with Crippen LogP contribution >= 0.6 is 11.6 Å². The highest BCUT2D eigenvalue weighted by atomic mass is 35.5. The molecule has 4 rings (SSSR count). The Bertz CT molecular complexity index is 992. The lowest BCUT2D eigenvalue weighted by atomic mass is 10.0. The van der Waals surface area contributed by atoms with Gasteiger partial charge in [0.05, 0.1) is 17.4 Å². The number of nitrogens with two attached hydrogens (primary N) is 1. The molecule has 1 aliphatic rings. The first kappa shape index (κ1) is 18.7. The SMILES string of the molecule is C[C@H](C(=O)OC[C@@H]1CC[C@H](n2ccc3c(N)nc(Cl)nc32)O1)c1ccccc1. The van der Waals surface area contributed by atoms with Gasteiger partial charge in [-0.25, -0.2) is 4.98 Å². The number of carbonyl (C=O) groups is 1. The van der Waals surface area contributed by atoms with E-state index in [4.69, 9.17) is 26.8 Å². The number of esters is 1. The van der Waals surface area contributed by atoms with Gasteiger partial charge in [0, 0.05) is 6.20 Å². The Morgan fingerprint density at radius 1 is 1.32 bits per heavy atom. The van der Waals surface area contributed by atoms with Crippen LogP contribution < -0.4 is 5.73 Å². The van der Waals surface area contributed by atoms with Crippen molar-refractivity contribution in [3.63, 3.8) is 0 Å². The zero-order valence-corrected chi connectivity index (χ0v) is 16.2. The molecular formula is C20H21ClN4O3. The molecule has 7 nitrogen and oxygen atoms in total. The van der Waals surface area contributed by atoms with E-state index in [1.54, 1.807) is 0 Å². The van der Waals surface area contributed by atoms with Crippen LogP contribution in [-0.2, 0) is 14.3 Å². The first-order valence-corrected chi connectivity index (χ1v) is 9.57. The molecule has 0 amide bonds. The molecule has 0 aliphatic carbocycles.